The summed E-state index contributed by atoms with van der Waals surface area (Å²) in [7, 11) is 0. The Kier molecular flexibility index (Phi) is 6.40. The zero-order valence-electron chi connectivity index (χ0n) is 14.4. The van der Waals surface area contributed by atoms with E-state index in [1.165, 1.54) is 0 Å². The molecule has 2 aromatic rings. The Labute approximate surface area is 151 Å². The van der Waals surface area contributed by atoms with Crippen molar-refractivity contribution in [1.82, 2.24) is 4.98 Å². The number of pyridine rings is 1. The van der Waals surface area contributed by atoms with Crippen molar-refractivity contribution in [1.29, 1.82) is 0 Å². The van der Waals surface area contributed by atoms with E-state index in [1.54, 1.807) is 12.1 Å². The largest absolute Gasteiger partial charge is 0.489 e. The van der Waals surface area contributed by atoms with Gasteiger partial charge in [-0.15, -0.1) is 0 Å². The quantitative estimate of drug-likeness (QED) is 0.782. The van der Waals surface area contributed by atoms with Crippen molar-refractivity contribution in [2.45, 2.75) is 38.8 Å². The Balaban J connectivity index is 1.67. The molecule has 1 amide bonds. The van der Waals surface area contributed by atoms with Crippen LogP contribution in [0.15, 0.2) is 42.5 Å². The second-order valence-electron chi connectivity index (χ2n) is 5.99. The first-order chi connectivity index (χ1) is 12.7. The first-order valence-electron chi connectivity index (χ1n) is 8.60. The van der Waals surface area contributed by atoms with Gasteiger partial charge in [-0.05, 0) is 24.8 Å². The Bertz CT molecular complexity index is 717. The summed E-state index contributed by atoms with van der Waals surface area (Å²) < 4.78 is 17.1. The smallest absolute Gasteiger partial charge is 0.410 e. The summed E-state index contributed by atoms with van der Waals surface area (Å²) in [5, 5.41) is 11.2. The molecule has 0 bridgehead atoms. The third-order valence-corrected chi connectivity index (χ3v) is 3.89. The summed E-state index contributed by atoms with van der Waals surface area (Å²) in [4.78, 5) is 15.2. The SMILES string of the molecule is O=C(O)Nc1cc(OCc2ccccc2)cc(COC2CCCCO2)n1. The minimum absolute atomic E-state index is 0.200. The van der Waals surface area contributed by atoms with Crippen molar-refractivity contribution in [3.63, 3.8) is 0 Å². The van der Waals surface area contributed by atoms with Crippen molar-refractivity contribution >= 4 is 11.9 Å². The topological polar surface area (TPSA) is 89.9 Å². The van der Waals surface area contributed by atoms with Gasteiger partial charge in [0, 0.05) is 18.7 Å². The summed E-state index contributed by atoms with van der Waals surface area (Å²) >= 11 is 0. The number of benzene rings is 1. The fraction of sp³-hybridized carbons (Fsp3) is 0.368. The lowest BCUT2D eigenvalue weighted by molar-refractivity contribution is -0.169. The maximum absolute atomic E-state index is 10.9. The molecular formula is C19H22N2O5. The van der Waals surface area contributed by atoms with Crippen LogP contribution in [0.4, 0.5) is 10.6 Å². The molecule has 1 saturated heterocycles. The lowest BCUT2D eigenvalue weighted by Crippen LogP contribution is -2.22. The van der Waals surface area contributed by atoms with Crippen LogP contribution in [-0.2, 0) is 22.7 Å². The molecule has 0 radical (unpaired) electrons. The number of hydrogen-bond donors (Lipinski definition) is 2. The highest BCUT2D eigenvalue weighted by Gasteiger charge is 2.15. The van der Waals surface area contributed by atoms with E-state index in [-0.39, 0.29) is 18.7 Å². The van der Waals surface area contributed by atoms with E-state index in [1.807, 2.05) is 30.3 Å². The molecule has 1 atom stereocenters. The molecule has 1 unspecified atom stereocenters. The van der Waals surface area contributed by atoms with Crippen LogP contribution in [0.3, 0.4) is 0 Å². The van der Waals surface area contributed by atoms with E-state index >= 15 is 0 Å². The predicted molar refractivity (Wildman–Crippen MR) is 95.0 cm³/mol. The molecule has 2 heterocycles. The molecule has 1 aromatic heterocycles. The summed E-state index contributed by atoms with van der Waals surface area (Å²) in [6.45, 7) is 1.30. The highest BCUT2D eigenvalue weighted by atomic mass is 16.7. The third-order valence-electron chi connectivity index (χ3n) is 3.89. The molecule has 1 aliphatic rings. The summed E-state index contributed by atoms with van der Waals surface area (Å²) in [6.07, 6.45) is 1.55. The van der Waals surface area contributed by atoms with Crippen molar-refractivity contribution in [3.05, 3.63) is 53.7 Å². The van der Waals surface area contributed by atoms with Gasteiger partial charge in [-0.3, -0.25) is 5.32 Å². The van der Waals surface area contributed by atoms with E-state index in [0.717, 1.165) is 24.8 Å². The average molecular weight is 358 g/mol. The van der Waals surface area contributed by atoms with Gasteiger partial charge in [-0.1, -0.05) is 30.3 Å². The van der Waals surface area contributed by atoms with Crippen LogP contribution in [0, 0.1) is 0 Å². The van der Waals surface area contributed by atoms with Gasteiger partial charge in [0.1, 0.15) is 18.2 Å². The van der Waals surface area contributed by atoms with Gasteiger partial charge < -0.3 is 19.3 Å². The summed E-state index contributed by atoms with van der Waals surface area (Å²) in [6, 6.07) is 13.0. The zero-order valence-corrected chi connectivity index (χ0v) is 14.4. The lowest BCUT2D eigenvalue weighted by Gasteiger charge is -2.22. The number of rotatable bonds is 7. The molecule has 0 spiro atoms. The number of amides is 1. The molecule has 26 heavy (non-hydrogen) atoms. The molecular weight excluding hydrogens is 336 g/mol. The van der Waals surface area contributed by atoms with Crippen LogP contribution in [-0.4, -0.2) is 29.1 Å². The van der Waals surface area contributed by atoms with Gasteiger partial charge in [0.25, 0.3) is 0 Å². The zero-order chi connectivity index (χ0) is 18.2. The van der Waals surface area contributed by atoms with Gasteiger partial charge in [-0.2, -0.15) is 0 Å². The van der Waals surface area contributed by atoms with Crippen LogP contribution < -0.4 is 10.1 Å². The average Bonchev–Trinajstić information content (AvgIpc) is 2.66. The minimum Gasteiger partial charge on any atom is -0.489 e. The molecule has 3 rings (SSSR count). The van der Waals surface area contributed by atoms with E-state index in [9.17, 15) is 4.79 Å². The van der Waals surface area contributed by atoms with Crippen molar-refractivity contribution in [2.75, 3.05) is 11.9 Å². The maximum atomic E-state index is 10.9. The Morgan fingerprint density at radius 3 is 2.81 bits per heavy atom. The van der Waals surface area contributed by atoms with E-state index in [0.29, 0.717) is 24.7 Å². The number of nitrogens with zero attached hydrogens (tertiary/aromatic N) is 1. The predicted octanol–water partition coefficient (Wildman–Crippen LogP) is 3.79. The highest BCUT2D eigenvalue weighted by Crippen LogP contribution is 2.21. The third kappa shape index (κ3) is 5.72. The van der Waals surface area contributed by atoms with Crippen LogP contribution in [0.5, 0.6) is 5.75 Å². The molecule has 0 saturated carbocycles. The monoisotopic (exact) mass is 358 g/mol. The number of ether oxygens (including phenoxy) is 3. The van der Waals surface area contributed by atoms with Gasteiger partial charge >= 0.3 is 6.09 Å². The van der Waals surface area contributed by atoms with Crippen molar-refractivity contribution in [2.24, 2.45) is 0 Å². The van der Waals surface area contributed by atoms with Crippen LogP contribution in [0.1, 0.15) is 30.5 Å². The maximum Gasteiger partial charge on any atom is 0.410 e. The van der Waals surface area contributed by atoms with Crippen molar-refractivity contribution < 1.29 is 24.1 Å². The Hall–Kier alpha value is -2.64. The Morgan fingerprint density at radius 1 is 1.23 bits per heavy atom. The summed E-state index contributed by atoms with van der Waals surface area (Å²) in [5.41, 5.74) is 1.60. The number of aromatic nitrogens is 1. The normalized spacial score (nSPS) is 16.8. The minimum atomic E-state index is -1.18. The molecule has 7 heteroatoms. The Morgan fingerprint density at radius 2 is 2.08 bits per heavy atom. The van der Waals surface area contributed by atoms with Gasteiger partial charge in [0.2, 0.25) is 0 Å². The molecule has 1 fully saturated rings. The van der Waals surface area contributed by atoms with Crippen LogP contribution in [0.2, 0.25) is 0 Å². The van der Waals surface area contributed by atoms with E-state index < -0.39 is 6.09 Å². The fourth-order valence-electron chi connectivity index (χ4n) is 2.65. The number of anilines is 1. The highest BCUT2D eigenvalue weighted by molar-refractivity contribution is 5.81. The standard InChI is InChI=1S/C19H22N2O5/c22-19(23)21-17-11-16(25-12-14-6-2-1-3-7-14)10-15(20-17)13-26-18-8-4-5-9-24-18/h1-3,6-7,10-11,18H,4-5,8-9,12-13H2,(H,20,21)(H,22,23). The summed E-state index contributed by atoms with van der Waals surface area (Å²) in [5.74, 6) is 0.724. The van der Waals surface area contributed by atoms with Crippen molar-refractivity contribution in [3.8, 4) is 5.75 Å². The van der Waals surface area contributed by atoms with E-state index in [4.69, 9.17) is 19.3 Å². The second-order valence-corrected chi connectivity index (χ2v) is 5.99. The molecule has 1 aliphatic heterocycles. The number of nitrogens with one attached hydrogen (secondary N) is 1. The van der Waals surface area contributed by atoms with Gasteiger partial charge in [-0.25, -0.2) is 9.78 Å². The van der Waals surface area contributed by atoms with Crippen LogP contribution in [0.25, 0.3) is 0 Å². The van der Waals surface area contributed by atoms with Crippen LogP contribution >= 0.6 is 0 Å². The van der Waals surface area contributed by atoms with Gasteiger partial charge in [0.15, 0.2) is 6.29 Å². The lowest BCUT2D eigenvalue weighted by atomic mass is 10.2. The molecule has 2 N–H and O–H groups in total. The number of hydrogen-bond acceptors (Lipinski definition) is 5. The second kappa shape index (κ2) is 9.17. The molecule has 0 aliphatic carbocycles. The van der Waals surface area contributed by atoms with Gasteiger partial charge in [0.05, 0.1) is 12.3 Å². The number of carbonyl (C=O) groups is 1. The first kappa shape index (κ1) is 18.2. The number of carboxylic acid groups (broad SMARTS) is 1. The molecule has 7 nitrogen and oxygen atoms in total. The fourth-order valence-corrected chi connectivity index (χ4v) is 2.65. The first-order valence-corrected chi connectivity index (χ1v) is 8.60. The molecule has 138 valence electrons. The molecule has 1 aromatic carbocycles. The van der Waals surface area contributed by atoms with E-state index in [2.05, 4.69) is 10.3 Å².